The van der Waals surface area contributed by atoms with E-state index in [9.17, 15) is 10.1 Å². The number of hydrogen-bond donors (Lipinski definition) is 2. The molecule has 1 aromatic carbocycles. The van der Waals surface area contributed by atoms with Gasteiger partial charge in [-0.05, 0) is 16.0 Å². The highest BCUT2D eigenvalue weighted by Gasteiger charge is 2.33. The van der Waals surface area contributed by atoms with Crippen molar-refractivity contribution in [2.45, 2.75) is 5.41 Å². The van der Waals surface area contributed by atoms with Gasteiger partial charge in [0.15, 0.2) is 5.82 Å². The van der Waals surface area contributed by atoms with Gasteiger partial charge < -0.3 is 5.73 Å². The van der Waals surface area contributed by atoms with Gasteiger partial charge in [-0.1, -0.05) is 48.6 Å². The highest BCUT2D eigenvalue weighted by molar-refractivity contribution is 5.81. The molecule has 0 radical (unpaired) electrons. The van der Waals surface area contributed by atoms with Crippen LogP contribution in [-0.2, 0) is 10.2 Å². The van der Waals surface area contributed by atoms with E-state index in [0.29, 0.717) is 5.82 Å². The third-order valence-corrected chi connectivity index (χ3v) is 3.62. The van der Waals surface area contributed by atoms with Gasteiger partial charge in [-0.3, -0.25) is 4.79 Å². The van der Waals surface area contributed by atoms with Crippen LogP contribution in [0.25, 0.3) is 11.4 Å². The van der Waals surface area contributed by atoms with Gasteiger partial charge in [0.2, 0.25) is 5.91 Å². The van der Waals surface area contributed by atoms with Gasteiger partial charge in [-0.2, -0.15) is 5.26 Å². The monoisotopic (exact) mass is 292 g/mol. The summed E-state index contributed by atoms with van der Waals surface area (Å²) in [4.78, 5) is 11.2. The van der Waals surface area contributed by atoms with Crippen molar-refractivity contribution in [1.82, 2.24) is 20.6 Å². The number of allylic oxidation sites excluding steroid dienone is 2. The molecule has 0 aliphatic heterocycles. The maximum absolute atomic E-state index is 11.2. The Morgan fingerprint density at radius 2 is 2.05 bits per heavy atom. The van der Waals surface area contributed by atoms with Gasteiger partial charge >= 0.3 is 0 Å². The second kappa shape index (κ2) is 5.26. The fraction of sp³-hybridized carbons (Fsp3) is 0.133. The van der Waals surface area contributed by atoms with Crippen molar-refractivity contribution >= 4 is 5.91 Å². The summed E-state index contributed by atoms with van der Waals surface area (Å²) in [6.45, 7) is 0. The van der Waals surface area contributed by atoms with Crippen LogP contribution in [0.5, 0.6) is 0 Å². The predicted octanol–water partition coefficient (Wildman–Crippen LogP) is 0.856. The van der Waals surface area contributed by atoms with Gasteiger partial charge in [-0.15, -0.1) is 5.10 Å². The predicted molar refractivity (Wildman–Crippen MR) is 77.9 cm³/mol. The van der Waals surface area contributed by atoms with Gasteiger partial charge in [0.1, 0.15) is 5.41 Å². The minimum atomic E-state index is -0.991. The number of primary amides is 1. The average Bonchev–Trinajstić information content (AvgIpc) is 3.09. The number of carbonyl (C=O) groups excluding carboxylic acids is 1. The van der Waals surface area contributed by atoms with E-state index in [1.165, 1.54) is 0 Å². The van der Waals surface area contributed by atoms with Crippen LogP contribution in [0.4, 0.5) is 0 Å². The number of H-pyrrole nitrogens is 1. The van der Waals surface area contributed by atoms with Crippen molar-refractivity contribution in [2.24, 2.45) is 11.7 Å². The van der Waals surface area contributed by atoms with Crippen LogP contribution in [0.1, 0.15) is 5.56 Å². The zero-order chi connectivity index (χ0) is 15.6. The Bertz CT molecular complexity index is 786. The summed E-state index contributed by atoms with van der Waals surface area (Å²) in [5.74, 6) is -0.476. The van der Waals surface area contributed by atoms with Crippen LogP contribution in [0.15, 0.2) is 48.6 Å². The fourth-order valence-electron chi connectivity index (χ4n) is 2.46. The van der Waals surface area contributed by atoms with E-state index >= 15 is 0 Å². The Hall–Kier alpha value is -3.27. The topological polar surface area (TPSA) is 121 Å². The first kappa shape index (κ1) is 13.7. The lowest BCUT2D eigenvalue weighted by molar-refractivity contribution is -0.119. The Morgan fingerprint density at radius 3 is 2.64 bits per heavy atom. The number of aromatic amines is 1. The molecule has 7 heteroatoms. The second-order valence-electron chi connectivity index (χ2n) is 4.92. The molecule has 1 amide bonds. The smallest absolute Gasteiger partial charge is 0.228 e. The average molecular weight is 292 g/mol. The SMILES string of the molecule is N#CC1(c2ccccc2-c2nnn[nH]2)C=CC(C(N)=O)C=C1. The number of nitrogens with two attached hydrogens (primary N) is 1. The van der Waals surface area contributed by atoms with E-state index in [2.05, 4.69) is 26.7 Å². The molecule has 3 rings (SSSR count). The summed E-state index contributed by atoms with van der Waals surface area (Å²) in [6.07, 6.45) is 6.65. The summed E-state index contributed by atoms with van der Waals surface area (Å²) in [5, 5.41) is 23.4. The van der Waals surface area contributed by atoms with Crippen molar-refractivity contribution < 1.29 is 4.79 Å². The maximum Gasteiger partial charge on any atom is 0.228 e. The quantitative estimate of drug-likeness (QED) is 0.812. The first-order valence-electron chi connectivity index (χ1n) is 6.59. The van der Waals surface area contributed by atoms with E-state index in [4.69, 9.17) is 5.73 Å². The molecule has 0 fully saturated rings. The van der Waals surface area contributed by atoms with Gasteiger partial charge in [0, 0.05) is 5.56 Å². The van der Waals surface area contributed by atoms with Gasteiger partial charge in [0.05, 0.1) is 12.0 Å². The number of aromatic nitrogens is 4. The molecule has 0 spiro atoms. The zero-order valence-corrected chi connectivity index (χ0v) is 11.5. The summed E-state index contributed by atoms with van der Waals surface area (Å²) >= 11 is 0. The Labute approximate surface area is 126 Å². The lowest BCUT2D eigenvalue weighted by atomic mass is 9.75. The van der Waals surface area contributed by atoms with Crippen LogP contribution in [0, 0.1) is 17.2 Å². The van der Waals surface area contributed by atoms with E-state index in [0.717, 1.165) is 11.1 Å². The van der Waals surface area contributed by atoms with Crippen molar-refractivity contribution in [3.63, 3.8) is 0 Å². The normalized spacial score (nSPS) is 23.1. The molecule has 22 heavy (non-hydrogen) atoms. The van der Waals surface area contributed by atoms with Crippen LogP contribution < -0.4 is 5.73 Å². The summed E-state index contributed by atoms with van der Waals surface area (Å²) in [5.41, 5.74) is 5.75. The number of tetrazole rings is 1. The molecular formula is C15H12N6O. The fourth-order valence-corrected chi connectivity index (χ4v) is 2.46. The molecule has 2 aromatic rings. The molecule has 7 nitrogen and oxygen atoms in total. The molecule has 1 aromatic heterocycles. The number of nitrogens with zero attached hydrogens (tertiary/aromatic N) is 4. The lowest BCUT2D eigenvalue weighted by Crippen LogP contribution is -2.27. The standard InChI is InChI=1S/C15H12N6O/c16-9-15(7-5-10(6-8-15)13(17)22)12-4-2-1-3-11(12)14-18-20-21-19-14/h1-8,10H,(H2,17,22)(H,18,19,20,21). The first-order valence-corrected chi connectivity index (χ1v) is 6.59. The third kappa shape index (κ3) is 2.16. The molecule has 0 saturated heterocycles. The Kier molecular flexibility index (Phi) is 3.27. The largest absolute Gasteiger partial charge is 0.369 e. The summed E-state index contributed by atoms with van der Waals surface area (Å²) < 4.78 is 0. The number of carbonyl (C=O) groups is 1. The van der Waals surface area contributed by atoms with Crippen molar-refractivity contribution in [1.29, 1.82) is 5.26 Å². The summed E-state index contributed by atoms with van der Waals surface area (Å²) in [6, 6.07) is 9.63. The number of amides is 1. The van der Waals surface area contributed by atoms with Crippen molar-refractivity contribution in [2.75, 3.05) is 0 Å². The number of benzene rings is 1. The Morgan fingerprint density at radius 1 is 1.32 bits per heavy atom. The minimum absolute atomic E-state index is 0.452. The van der Waals surface area contributed by atoms with Gasteiger partial charge in [0.25, 0.3) is 0 Å². The summed E-state index contributed by atoms with van der Waals surface area (Å²) in [7, 11) is 0. The number of nitrogens with one attached hydrogen (secondary N) is 1. The van der Waals surface area contributed by atoms with E-state index in [1.807, 2.05) is 24.3 Å². The van der Waals surface area contributed by atoms with E-state index in [-0.39, 0.29) is 0 Å². The molecule has 1 heterocycles. The molecule has 0 bridgehead atoms. The number of rotatable bonds is 3. The molecule has 3 N–H and O–H groups in total. The zero-order valence-electron chi connectivity index (χ0n) is 11.5. The first-order chi connectivity index (χ1) is 10.7. The molecule has 1 aliphatic rings. The molecule has 0 unspecified atom stereocenters. The number of nitriles is 1. The molecular weight excluding hydrogens is 280 g/mol. The molecule has 108 valence electrons. The van der Waals surface area contributed by atoms with Gasteiger partial charge in [-0.25, -0.2) is 5.10 Å². The second-order valence-corrected chi connectivity index (χ2v) is 4.92. The maximum atomic E-state index is 11.2. The van der Waals surface area contributed by atoms with Crippen LogP contribution in [0.2, 0.25) is 0 Å². The van der Waals surface area contributed by atoms with Crippen LogP contribution in [0.3, 0.4) is 0 Å². The third-order valence-electron chi connectivity index (χ3n) is 3.62. The molecule has 0 saturated carbocycles. The van der Waals surface area contributed by atoms with Crippen molar-refractivity contribution in [3.05, 3.63) is 54.1 Å². The number of hydrogen-bond acceptors (Lipinski definition) is 5. The minimum Gasteiger partial charge on any atom is -0.369 e. The highest BCUT2D eigenvalue weighted by atomic mass is 16.1. The lowest BCUT2D eigenvalue weighted by Gasteiger charge is -2.25. The highest BCUT2D eigenvalue weighted by Crippen LogP contribution is 2.36. The van der Waals surface area contributed by atoms with E-state index < -0.39 is 17.2 Å². The van der Waals surface area contributed by atoms with Crippen LogP contribution in [-0.4, -0.2) is 26.5 Å². The van der Waals surface area contributed by atoms with Crippen LogP contribution >= 0.6 is 0 Å². The van der Waals surface area contributed by atoms with E-state index in [1.54, 1.807) is 24.3 Å². The molecule has 1 aliphatic carbocycles. The Balaban J connectivity index is 2.11. The molecule has 0 atom stereocenters. The van der Waals surface area contributed by atoms with Crippen molar-refractivity contribution in [3.8, 4) is 17.5 Å².